The van der Waals surface area contributed by atoms with Crippen molar-refractivity contribution >= 4 is 23.4 Å². The highest BCUT2D eigenvalue weighted by Crippen LogP contribution is 2.34. The minimum Gasteiger partial charge on any atom is -0.497 e. The van der Waals surface area contributed by atoms with Crippen LogP contribution in [-0.2, 0) is 4.79 Å². The van der Waals surface area contributed by atoms with Gasteiger partial charge in [-0.1, -0.05) is 61.9 Å². The van der Waals surface area contributed by atoms with Crippen molar-refractivity contribution in [1.82, 2.24) is 14.7 Å². The molecule has 0 aliphatic rings. The fraction of sp³-hybridized carbons (Fsp3) is 0.281. The molecular formula is C32H37N5O4. The number of methoxy groups -OCH3 is 2. The summed E-state index contributed by atoms with van der Waals surface area (Å²) in [5.74, 6) is 1.30. The molecule has 0 fully saturated rings. The molecule has 0 radical (unpaired) electrons. The number of aromatic nitrogens is 2. The molecule has 41 heavy (non-hydrogen) atoms. The largest absolute Gasteiger partial charge is 0.497 e. The molecule has 1 heterocycles. The molecule has 9 heteroatoms. The standard InChI is InChI=1S/C32H37N5O4/c1-6-7-19-36(32(39)33-26-18-17-25(40-4)20-28(26)41-5)21-29(38)34-31-30(24-14-9-8-10-15-24)23(3)35-37(31)27-16-12-11-13-22(27)2/h8-18,20H,6-7,19,21H2,1-5H3,(H,33,39)(H,34,38). The number of nitrogens with one attached hydrogen (secondary N) is 2. The number of urea groups is 1. The van der Waals surface area contributed by atoms with Crippen molar-refractivity contribution < 1.29 is 19.1 Å². The summed E-state index contributed by atoms with van der Waals surface area (Å²) >= 11 is 0. The highest BCUT2D eigenvalue weighted by atomic mass is 16.5. The summed E-state index contributed by atoms with van der Waals surface area (Å²) in [6.45, 7) is 6.24. The van der Waals surface area contributed by atoms with Crippen molar-refractivity contribution in [3.05, 3.63) is 84.1 Å². The van der Waals surface area contributed by atoms with Crippen LogP contribution in [0.4, 0.5) is 16.3 Å². The number of carbonyl (C=O) groups excluding carboxylic acids is 2. The average Bonchev–Trinajstić information content (AvgIpc) is 3.30. The van der Waals surface area contributed by atoms with Crippen molar-refractivity contribution in [1.29, 1.82) is 0 Å². The number of unbranched alkanes of at least 4 members (excludes halogenated alkanes) is 1. The smallest absolute Gasteiger partial charge is 0.322 e. The Morgan fingerprint density at radius 3 is 2.34 bits per heavy atom. The van der Waals surface area contributed by atoms with E-state index >= 15 is 0 Å². The predicted molar refractivity (Wildman–Crippen MR) is 162 cm³/mol. The number of hydrogen-bond donors (Lipinski definition) is 2. The van der Waals surface area contributed by atoms with E-state index in [0.717, 1.165) is 40.9 Å². The molecule has 4 rings (SSSR count). The predicted octanol–water partition coefficient (Wildman–Crippen LogP) is 6.45. The maximum Gasteiger partial charge on any atom is 0.322 e. The lowest BCUT2D eigenvalue weighted by atomic mass is 10.1. The Balaban J connectivity index is 1.63. The van der Waals surface area contributed by atoms with Crippen LogP contribution < -0.4 is 20.1 Å². The third-order valence-corrected chi connectivity index (χ3v) is 6.78. The van der Waals surface area contributed by atoms with E-state index in [9.17, 15) is 9.59 Å². The summed E-state index contributed by atoms with van der Waals surface area (Å²) in [5.41, 5.74) is 4.91. The Labute approximate surface area is 241 Å². The maximum atomic E-state index is 13.6. The molecule has 9 nitrogen and oxygen atoms in total. The summed E-state index contributed by atoms with van der Waals surface area (Å²) in [6, 6.07) is 22.5. The first-order chi connectivity index (χ1) is 19.9. The van der Waals surface area contributed by atoms with Gasteiger partial charge < -0.3 is 25.0 Å². The molecule has 4 aromatic rings. The number of carbonyl (C=O) groups is 2. The third-order valence-electron chi connectivity index (χ3n) is 6.78. The molecule has 214 valence electrons. The van der Waals surface area contributed by atoms with E-state index in [1.807, 2.05) is 75.4 Å². The highest BCUT2D eigenvalue weighted by Gasteiger charge is 2.24. The Morgan fingerprint density at radius 2 is 1.66 bits per heavy atom. The van der Waals surface area contributed by atoms with Crippen molar-refractivity contribution in [2.45, 2.75) is 33.6 Å². The summed E-state index contributed by atoms with van der Waals surface area (Å²) < 4.78 is 12.5. The second-order valence-corrected chi connectivity index (χ2v) is 9.69. The third kappa shape index (κ3) is 6.87. The SMILES string of the molecule is CCCCN(CC(=O)Nc1c(-c2ccccc2)c(C)nn1-c1ccccc1C)C(=O)Nc1ccc(OC)cc1OC. The van der Waals surface area contributed by atoms with Gasteiger partial charge >= 0.3 is 6.03 Å². The number of para-hydroxylation sites is 1. The maximum absolute atomic E-state index is 13.6. The van der Waals surface area contributed by atoms with Crippen LogP contribution in [0.15, 0.2) is 72.8 Å². The Hall–Kier alpha value is -4.79. The van der Waals surface area contributed by atoms with Crippen LogP contribution in [-0.4, -0.2) is 53.9 Å². The number of hydrogen-bond acceptors (Lipinski definition) is 5. The van der Waals surface area contributed by atoms with Gasteiger partial charge in [-0.25, -0.2) is 9.48 Å². The van der Waals surface area contributed by atoms with Crippen LogP contribution in [0.1, 0.15) is 31.0 Å². The van der Waals surface area contributed by atoms with Crippen LogP contribution in [0, 0.1) is 13.8 Å². The number of rotatable bonds is 11. The summed E-state index contributed by atoms with van der Waals surface area (Å²) in [7, 11) is 3.09. The van der Waals surface area contributed by atoms with Gasteiger partial charge in [-0.05, 0) is 49.6 Å². The van der Waals surface area contributed by atoms with E-state index in [-0.39, 0.29) is 12.5 Å². The highest BCUT2D eigenvalue weighted by molar-refractivity contribution is 5.99. The van der Waals surface area contributed by atoms with Crippen LogP contribution in [0.2, 0.25) is 0 Å². The molecule has 1 aromatic heterocycles. The Bertz CT molecular complexity index is 1500. The van der Waals surface area contributed by atoms with Gasteiger partial charge in [0.15, 0.2) is 0 Å². The van der Waals surface area contributed by atoms with E-state index in [1.54, 1.807) is 30.0 Å². The number of anilines is 2. The Morgan fingerprint density at radius 1 is 0.927 bits per heavy atom. The van der Waals surface area contributed by atoms with Crippen LogP contribution in [0.25, 0.3) is 16.8 Å². The number of ether oxygens (including phenoxy) is 2. The van der Waals surface area contributed by atoms with Crippen LogP contribution in [0.3, 0.4) is 0 Å². The molecule has 3 aromatic carbocycles. The average molecular weight is 556 g/mol. The zero-order valence-electron chi connectivity index (χ0n) is 24.2. The van der Waals surface area contributed by atoms with Gasteiger partial charge in [0.2, 0.25) is 5.91 Å². The number of nitrogens with zero attached hydrogens (tertiary/aromatic N) is 3. The zero-order chi connectivity index (χ0) is 29.4. The van der Waals surface area contributed by atoms with E-state index in [0.29, 0.717) is 29.5 Å². The molecular weight excluding hydrogens is 518 g/mol. The molecule has 0 saturated carbocycles. The topological polar surface area (TPSA) is 97.7 Å². The van der Waals surface area contributed by atoms with Gasteiger partial charge in [-0.2, -0.15) is 5.10 Å². The first kappa shape index (κ1) is 29.2. The van der Waals surface area contributed by atoms with E-state index in [2.05, 4.69) is 10.6 Å². The lowest BCUT2D eigenvalue weighted by molar-refractivity contribution is -0.116. The minimum atomic E-state index is -0.399. The van der Waals surface area contributed by atoms with Crippen molar-refractivity contribution in [3.8, 4) is 28.3 Å². The lowest BCUT2D eigenvalue weighted by Crippen LogP contribution is -2.41. The van der Waals surface area contributed by atoms with Crippen molar-refractivity contribution in [2.24, 2.45) is 0 Å². The molecule has 0 aliphatic carbocycles. The van der Waals surface area contributed by atoms with Crippen molar-refractivity contribution in [3.63, 3.8) is 0 Å². The van der Waals surface area contributed by atoms with E-state index in [4.69, 9.17) is 14.6 Å². The Kier molecular flexibility index (Phi) is 9.63. The quantitative estimate of drug-likeness (QED) is 0.222. The monoisotopic (exact) mass is 555 g/mol. The molecule has 2 N–H and O–H groups in total. The van der Waals surface area contributed by atoms with Crippen molar-refractivity contribution in [2.75, 3.05) is 37.9 Å². The summed E-state index contributed by atoms with van der Waals surface area (Å²) in [4.78, 5) is 28.5. The van der Waals surface area contributed by atoms with E-state index in [1.165, 1.54) is 12.0 Å². The molecule has 0 bridgehead atoms. The van der Waals surface area contributed by atoms with Gasteiger partial charge in [-0.15, -0.1) is 0 Å². The van der Waals surface area contributed by atoms with Gasteiger partial charge in [0.05, 0.1) is 31.3 Å². The van der Waals surface area contributed by atoms with Crippen LogP contribution >= 0.6 is 0 Å². The van der Waals surface area contributed by atoms with Gasteiger partial charge in [0.1, 0.15) is 23.9 Å². The molecule has 0 spiro atoms. The molecule has 0 aliphatic heterocycles. The molecule has 0 saturated heterocycles. The zero-order valence-corrected chi connectivity index (χ0v) is 24.2. The lowest BCUT2D eigenvalue weighted by Gasteiger charge is -2.23. The molecule has 0 atom stereocenters. The fourth-order valence-electron chi connectivity index (χ4n) is 4.61. The van der Waals surface area contributed by atoms with Gasteiger partial charge in [0.25, 0.3) is 0 Å². The first-order valence-corrected chi connectivity index (χ1v) is 13.6. The number of aryl methyl sites for hydroxylation is 2. The van der Waals surface area contributed by atoms with Gasteiger partial charge in [0, 0.05) is 18.2 Å². The number of benzene rings is 3. The normalized spacial score (nSPS) is 10.7. The molecule has 0 unspecified atom stereocenters. The number of amides is 3. The second-order valence-electron chi connectivity index (χ2n) is 9.69. The summed E-state index contributed by atoms with van der Waals surface area (Å²) in [5, 5.41) is 10.8. The minimum absolute atomic E-state index is 0.142. The first-order valence-electron chi connectivity index (χ1n) is 13.6. The summed E-state index contributed by atoms with van der Waals surface area (Å²) in [6.07, 6.45) is 1.62. The van der Waals surface area contributed by atoms with Crippen LogP contribution in [0.5, 0.6) is 11.5 Å². The van der Waals surface area contributed by atoms with E-state index < -0.39 is 6.03 Å². The van der Waals surface area contributed by atoms with Gasteiger partial charge in [-0.3, -0.25) is 4.79 Å². The fourth-order valence-corrected chi connectivity index (χ4v) is 4.61. The molecule has 3 amide bonds. The second kappa shape index (κ2) is 13.5.